The predicted molar refractivity (Wildman–Crippen MR) is 77.1 cm³/mol. The van der Waals surface area contributed by atoms with Crippen molar-refractivity contribution in [3.63, 3.8) is 0 Å². The van der Waals surface area contributed by atoms with E-state index in [0.29, 0.717) is 6.04 Å². The first kappa shape index (κ1) is 13.4. The number of unbranched alkanes of at least 4 members (excludes halogenated alkanes) is 1. The highest BCUT2D eigenvalue weighted by molar-refractivity contribution is 6.35. The van der Waals surface area contributed by atoms with E-state index >= 15 is 0 Å². The molecule has 0 aliphatic heterocycles. The molecule has 4 heteroatoms. The van der Waals surface area contributed by atoms with Crippen LogP contribution in [0.3, 0.4) is 0 Å². The summed E-state index contributed by atoms with van der Waals surface area (Å²) < 4.78 is 2.24. The van der Waals surface area contributed by atoms with Crippen LogP contribution < -0.4 is 5.73 Å². The van der Waals surface area contributed by atoms with E-state index in [1.165, 1.54) is 0 Å². The van der Waals surface area contributed by atoms with Crippen LogP contribution in [-0.2, 0) is 6.42 Å². The van der Waals surface area contributed by atoms with Crippen LogP contribution in [0, 0.1) is 0 Å². The molecule has 1 heterocycles. The molecular weight excluding hydrogens is 246 g/mol. The van der Waals surface area contributed by atoms with Gasteiger partial charge in [-0.2, -0.15) is 0 Å². The maximum absolute atomic E-state index is 6.30. The topological polar surface area (TPSA) is 43.8 Å². The van der Waals surface area contributed by atoms with Gasteiger partial charge in [-0.05, 0) is 45.4 Å². The Kier molecular flexibility index (Phi) is 4.25. The van der Waals surface area contributed by atoms with Crippen LogP contribution in [0.4, 0.5) is 0 Å². The molecule has 2 rings (SSSR count). The molecule has 0 spiro atoms. The van der Waals surface area contributed by atoms with Crippen LogP contribution in [0.2, 0.25) is 5.02 Å². The van der Waals surface area contributed by atoms with E-state index in [0.717, 1.165) is 47.7 Å². The van der Waals surface area contributed by atoms with Crippen molar-refractivity contribution < 1.29 is 0 Å². The number of fused-ring (bicyclic) bond motifs is 1. The monoisotopic (exact) mass is 265 g/mol. The van der Waals surface area contributed by atoms with Gasteiger partial charge >= 0.3 is 0 Å². The van der Waals surface area contributed by atoms with E-state index < -0.39 is 0 Å². The lowest BCUT2D eigenvalue weighted by Crippen LogP contribution is -2.07. The number of benzene rings is 1. The molecule has 2 aromatic rings. The van der Waals surface area contributed by atoms with E-state index in [9.17, 15) is 0 Å². The molecule has 0 aliphatic rings. The number of nitrogens with two attached hydrogens (primary N) is 1. The number of hydrogen-bond acceptors (Lipinski definition) is 2. The molecule has 0 bridgehead atoms. The van der Waals surface area contributed by atoms with E-state index in [-0.39, 0.29) is 0 Å². The highest BCUT2D eigenvalue weighted by Gasteiger charge is 2.14. The zero-order valence-corrected chi connectivity index (χ0v) is 11.7. The third kappa shape index (κ3) is 2.52. The fourth-order valence-corrected chi connectivity index (χ4v) is 2.58. The van der Waals surface area contributed by atoms with E-state index in [1.54, 1.807) is 0 Å². The number of imidazole rings is 1. The maximum atomic E-state index is 6.30. The van der Waals surface area contributed by atoms with Gasteiger partial charge in [0, 0.05) is 12.5 Å². The van der Waals surface area contributed by atoms with Crippen molar-refractivity contribution in [2.24, 2.45) is 5.73 Å². The summed E-state index contributed by atoms with van der Waals surface area (Å²) in [4.78, 5) is 4.70. The number of para-hydroxylation sites is 1. The number of rotatable bonds is 5. The third-order valence-corrected chi connectivity index (χ3v) is 3.41. The molecule has 1 aromatic heterocycles. The van der Waals surface area contributed by atoms with Crippen LogP contribution in [0.25, 0.3) is 11.0 Å². The quantitative estimate of drug-likeness (QED) is 0.840. The highest BCUT2D eigenvalue weighted by Crippen LogP contribution is 2.28. The highest BCUT2D eigenvalue weighted by atomic mass is 35.5. The Morgan fingerprint density at radius 1 is 1.33 bits per heavy atom. The Morgan fingerprint density at radius 3 is 2.78 bits per heavy atom. The van der Waals surface area contributed by atoms with Gasteiger partial charge in [0.1, 0.15) is 5.82 Å². The Labute approximate surface area is 113 Å². The van der Waals surface area contributed by atoms with Crippen molar-refractivity contribution in [3.8, 4) is 0 Å². The average molecular weight is 266 g/mol. The second-order valence-electron chi connectivity index (χ2n) is 4.85. The summed E-state index contributed by atoms with van der Waals surface area (Å²) in [7, 11) is 0. The summed E-state index contributed by atoms with van der Waals surface area (Å²) in [5, 5.41) is 0.777. The standard InChI is InChI=1S/C14H20ClN3/c1-10(2)18-13(8-3-4-9-16)17-12-7-5-6-11(15)14(12)18/h5-7,10H,3-4,8-9,16H2,1-2H3. The van der Waals surface area contributed by atoms with Gasteiger partial charge in [-0.1, -0.05) is 17.7 Å². The van der Waals surface area contributed by atoms with Gasteiger partial charge in [0.15, 0.2) is 0 Å². The second kappa shape index (κ2) is 5.72. The van der Waals surface area contributed by atoms with Gasteiger partial charge < -0.3 is 10.3 Å². The summed E-state index contributed by atoms with van der Waals surface area (Å²) in [5.74, 6) is 1.11. The predicted octanol–water partition coefficient (Wildman–Crippen LogP) is 3.55. The molecule has 2 N–H and O–H groups in total. The SMILES string of the molecule is CC(C)n1c(CCCCN)nc2cccc(Cl)c21. The molecular formula is C14H20ClN3. The summed E-state index contributed by atoms with van der Waals surface area (Å²) in [6.07, 6.45) is 3.07. The fraction of sp³-hybridized carbons (Fsp3) is 0.500. The van der Waals surface area contributed by atoms with Gasteiger partial charge in [0.25, 0.3) is 0 Å². The van der Waals surface area contributed by atoms with Crippen molar-refractivity contribution in [2.75, 3.05) is 6.54 Å². The van der Waals surface area contributed by atoms with Crippen LogP contribution in [-0.4, -0.2) is 16.1 Å². The maximum Gasteiger partial charge on any atom is 0.110 e. The Balaban J connectivity index is 2.45. The number of aromatic nitrogens is 2. The molecule has 0 unspecified atom stereocenters. The number of halogens is 1. The van der Waals surface area contributed by atoms with Crippen molar-refractivity contribution in [1.82, 2.24) is 9.55 Å². The van der Waals surface area contributed by atoms with Crippen molar-refractivity contribution in [3.05, 3.63) is 29.0 Å². The number of nitrogens with zero attached hydrogens (tertiary/aromatic N) is 2. The van der Waals surface area contributed by atoms with Gasteiger partial charge in [-0.3, -0.25) is 0 Å². The minimum Gasteiger partial charge on any atom is -0.330 e. The van der Waals surface area contributed by atoms with Gasteiger partial charge in [-0.25, -0.2) is 4.98 Å². The minimum absolute atomic E-state index is 0.364. The van der Waals surface area contributed by atoms with Crippen molar-refractivity contribution in [1.29, 1.82) is 0 Å². The molecule has 18 heavy (non-hydrogen) atoms. The molecule has 0 atom stereocenters. The molecule has 98 valence electrons. The van der Waals surface area contributed by atoms with Crippen molar-refractivity contribution >= 4 is 22.6 Å². The summed E-state index contributed by atoms with van der Waals surface area (Å²) in [5.41, 5.74) is 7.58. The number of aryl methyl sites for hydroxylation is 1. The Hall–Kier alpha value is -1.06. The molecule has 0 amide bonds. The molecule has 0 radical (unpaired) electrons. The zero-order valence-electron chi connectivity index (χ0n) is 11.0. The first-order chi connectivity index (χ1) is 8.65. The Morgan fingerprint density at radius 2 is 2.11 bits per heavy atom. The van der Waals surface area contributed by atoms with Crippen LogP contribution in [0.5, 0.6) is 0 Å². The van der Waals surface area contributed by atoms with Crippen molar-refractivity contribution in [2.45, 2.75) is 39.2 Å². The number of hydrogen-bond donors (Lipinski definition) is 1. The van der Waals surface area contributed by atoms with Gasteiger partial charge in [-0.15, -0.1) is 0 Å². The van der Waals surface area contributed by atoms with Gasteiger partial charge in [0.2, 0.25) is 0 Å². The van der Waals surface area contributed by atoms with E-state index in [1.807, 2.05) is 18.2 Å². The fourth-order valence-electron chi connectivity index (χ4n) is 2.31. The Bertz CT molecular complexity index is 531. The first-order valence-corrected chi connectivity index (χ1v) is 6.88. The molecule has 0 aliphatic carbocycles. The van der Waals surface area contributed by atoms with Crippen LogP contribution >= 0.6 is 11.6 Å². The normalized spacial score (nSPS) is 11.6. The molecule has 0 saturated heterocycles. The van der Waals surface area contributed by atoms with E-state index in [4.69, 9.17) is 22.3 Å². The molecule has 0 saturated carbocycles. The van der Waals surface area contributed by atoms with Crippen LogP contribution in [0.15, 0.2) is 18.2 Å². The lowest BCUT2D eigenvalue weighted by molar-refractivity contribution is 0.571. The summed E-state index contributed by atoms with van der Waals surface area (Å²) in [6, 6.07) is 6.26. The minimum atomic E-state index is 0.364. The summed E-state index contributed by atoms with van der Waals surface area (Å²) in [6.45, 7) is 5.07. The second-order valence-corrected chi connectivity index (χ2v) is 5.25. The molecule has 1 aromatic carbocycles. The zero-order chi connectivity index (χ0) is 13.1. The van der Waals surface area contributed by atoms with Gasteiger partial charge in [0.05, 0.1) is 16.1 Å². The van der Waals surface area contributed by atoms with Crippen LogP contribution in [0.1, 0.15) is 38.6 Å². The first-order valence-electron chi connectivity index (χ1n) is 6.50. The average Bonchev–Trinajstić information content (AvgIpc) is 2.69. The molecule has 3 nitrogen and oxygen atoms in total. The molecule has 0 fully saturated rings. The lowest BCUT2D eigenvalue weighted by atomic mass is 10.2. The smallest absolute Gasteiger partial charge is 0.110 e. The third-order valence-electron chi connectivity index (χ3n) is 3.10. The lowest BCUT2D eigenvalue weighted by Gasteiger charge is -2.13. The summed E-state index contributed by atoms with van der Waals surface area (Å²) >= 11 is 6.30. The van der Waals surface area contributed by atoms with E-state index in [2.05, 4.69) is 18.4 Å². The largest absolute Gasteiger partial charge is 0.330 e.